The average molecular weight is 416 g/mol. The number of nitrogens with one attached hydrogen (secondary N) is 2. The Morgan fingerprint density at radius 2 is 1.97 bits per heavy atom. The largest absolute Gasteiger partial charge is 0.462 e. The van der Waals surface area contributed by atoms with Gasteiger partial charge in [-0.3, -0.25) is 14.6 Å². The minimum atomic E-state index is -0.497. The lowest BCUT2D eigenvalue weighted by molar-refractivity contribution is 0.0531. The maximum absolute atomic E-state index is 13.0. The van der Waals surface area contributed by atoms with Crippen molar-refractivity contribution in [1.29, 1.82) is 0 Å². The van der Waals surface area contributed by atoms with Gasteiger partial charge >= 0.3 is 5.97 Å². The summed E-state index contributed by atoms with van der Waals surface area (Å²) in [6.45, 7) is 3.66. The molecule has 0 radical (unpaired) electrons. The van der Waals surface area contributed by atoms with E-state index in [9.17, 15) is 14.4 Å². The van der Waals surface area contributed by atoms with Gasteiger partial charge in [0, 0.05) is 18.4 Å². The lowest BCUT2D eigenvalue weighted by Gasteiger charge is -2.23. The van der Waals surface area contributed by atoms with Crippen LogP contribution in [-0.4, -0.2) is 35.4 Å². The van der Waals surface area contributed by atoms with Crippen molar-refractivity contribution in [3.8, 4) is 0 Å². The number of anilines is 1. The molecule has 0 saturated heterocycles. The van der Waals surface area contributed by atoms with E-state index in [0.717, 1.165) is 37.0 Å². The number of ether oxygens (including phenoxy) is 1. The van der Waals surface area contributed by atoms with Gasteiger partial charge in [-0.05, 0) is 44.4 Å². The molecule has 0 unspecified atom stereocenters. The molecule has 2 amide bonds. The van der Waals surface area contributed by atoms with E-state index >= 15 is 0 Å². The normalized spacial score (nSPS) is 14.3. The highest BCUT2D eigenvalue weighted by Gasteiger charge is 2.28. The lowest BCUT2D eigenvalue weighted by atomic mass is 9.95. The van der Waals surface area contributed by atoms with Gasteiger partial charge < -0.3 is 15.4 Å². The van der Waals surface area contributed by atoms with Crippen molar-refractivity contribution in [2.75, 3.05) is 11.9 Å². The van der Waals surface area contributed by atoms with Crippen molar-refractivity contribution in [1.82, 2.24) is 10.3 Å². The summed E-state index contributed by atoms with van der Waals surface area (Å²) in [5.41, 5.74) is 1.21. The third-order valence-corrected chi connectivity index (χ3v) is 6.11. The Bertz CT molecular complexity index is 889. The molecule has 29 heavy (non-hydrogen) atoms. The van der Waals surface area contributed by atoms with Crippen LogP contribution in [0.1, 0.15) is 75.0 Å². The SMILES string of the molecule is CCOC(=O)c1sc(NC(=O)c2cccnc2)c(C(=O)NC2CCCCC2)c1C. The van der Waals surface area contributed by atoms with E-state index in [1.165, 1.54) is 12.6 Å². The highest BCUT2D eigenvalue weighted by atomic mass is 32.1. The Hall–Kier alpha value is -2.74. The second kappa shape index (κ2) is 9.65. The molecule has 154 valence electrons. The Balaban J connectivity index is 1.90. The minimum absolute atomic E-state index is 0.114. The molecule has 1 fully saturated rings. The van der Waals surface area contributed by atoms with Crippen molar-refractivity contribution in [2.24, 2.45) is 0 Å². The van der Waals surface area contributed by atoms with Crippen LogP contribution in [0, 0.1) is 6.92 Å². The van der Waals surface area contributed by atoms with Crippen LogP contribution in [0.2, 0.25) is 0 Å². The van der Waals surface area contributed by atoms with Crippen LogP contribution in [0.25, 0.3) is 0 Å². The molecule has 2 aromatic rings. The first-order chi connectivity index (χ1) is 14.0. The smallest absolute Gasteiger partial charge is 0.348 e. The van der Waals surface area contributed by atoms with Gasteiger partial charge in [-0.25, -0.2) is 4.79 Å². The van der Waals surface area contributed by atoms with Gasteiger partial charge in [-0.2, -0.15) is 0 Å². The number of hydrogen-bond donors (Lipinski definition) is 2. The number of hydrogen-bond acceptors (Lipinski definition) is 6. The number of rotatable bonds is 6. The average Bonchev–Trinajstić information content (AvgIpc) is 3.05. The number of thiophene rings is 1. The first kappa shape index (κ1) is 21.0. The summed E-state index contributed by atoms with van der Waals surface area (Å²) in [4.78, 5) is 42.3. The second-order valence-electron chi connectivity index (χ2n) is 6.99. The molecule has 0 bridgehead atoms. The monoisotopic (exact) mass is 415 g/mol. The van der Waals surface area contributed by atoms with Crippen molar-refractivity contribution < 1.29 is 19.1 Å². The number of nitrogens with zero attached hydrogens (tertiary/aromatic N) is 1. The summed E-state index contributed by atoms with van der Waals surface area (Å²) < 4.78 is 5.11. The number of amides is 2. The van der Waals surface area contributed by atoms with E-state index in [2.05, 4.69) is 15.6 Å². The molecule has 1 aliphatic carbocycles. The summed E-state index contributed by atoms with van der Waals surface area (Å²) in [6, 6.07) is 3.41. The van der Waals surface area contributed by atoms with E-state index in [1.54, 1.807) is 32.2 Å². The molecule has 1 saturated carbocycles. The quantitative estimate of drug-likeness (QED) is 0.697. The van der Waals surface area contributed by atoms with Gasteiger partial charge in [0.05, 0.1) is 17.7 Å². The third-order valence-electron chi connectivity index (χ3n) is 4.93. The fraction of sp³-hybridized carbons (Fsp3) is 0.429. The van der Waals surface area contributed by atoms with Crippen LogP contribution in [0.3, 0.4) is 0 Å². The van der Waals surface area contributed by atoms with Crippen LogP contribution in [0.4, 0.5) is 5.00 Å². The van der Waals surface area contributed by atoms with E-state index in [4.69, 9.17) is 4.74 Å². The molecule has 0 spiro atoms. The maximum atomic E-state index is 13.0. The summed E-state index contributed by atoms with van der Waals surface area (Å²) in [7, 11) is 0. The topological polar surface area (TPSA) is 97.4 Å². The van der Waals surface area contributed by atoms with E-state index in [-0.39, 0.29) is 24.5 Å². The van der Waals surface area contributed by atoms with Gasteiger partial charge in [-0.15, -0.1) is 11.3 Å². The maximum Gasteiger partial charge on any atom is 0.348 e. The Labute approximate surface area is 173 Å². The van der Waals surface area contributed by atoms with Gasteiger partial charge in [0.2, 0.25) is 0 Å². The highest BCUT2D eigenvalue weighted by molar-refractivity contribution is 7.18. The summed E-state index contributed by atoms with van der Waals surface area (Å²) in [5.74, 6) is -1.16. The van der Waals surface area contributed by atoms with E-state index < -0.39 is 5.97 Å². The highest BCUT2D eigenvalue weighted by Crippen LogP contribution is 2.34. The zero-order chi connectivity index (χ0) is 20.8. The molecule has 8 heteroatoms. The van der Waals surface area contributed by atoms with Gasteiger partial charge in [0.1, 0.15) is 9.88 Å². The Morgan fingerprint density at radius 3 is 2.62 bits per heavy atom. The van der Waals surface area contributed by atoms with Crippen molar-refractivity contribution >= 4 is 34.1 Å². The molecule has 3 rings (SSSR count). The second-order valence-corrected chi connectivity index (χ2v) is 8.01. The first-order valence-electron chi connectivity index (χ1n) is 9.84. The Kier molecular flexibility index (Phi) is 6.98. The fourth-order valence-electron chi connectivity index (χ4n) is 3.44. The lowest BCUT2D eigenvalue weighted by Crippen LogP contribution is -2.36. The number of esters is 1. The van der Waals surface area contributed by atoms with Crippen LogP contribution < -0.4 is 10.6 Å². The molecule has 2 N–H and O–H groups in total. The molecule has 0 atom stereocenters. The molecule has 2 heterocycles. The third kappa shape index (κ3) is 5.00. The Morgan fingerprint density at radius 1 is 1.21 bits per heavy atom. The van der Waals surface area contributed by atoms with Crippen molar-refractivity contribution in [3.05, 3.63) is 46.1 Å². The summed E-state index contributed by atoms with van der Waals surface area (Å²) >= 11 is 1.06. The molecule has 2 aromatic heterocycles. The van der Waals surface area contributed by atoms with Crippen LogP contribution >= 0.6 is 11.3 Å². The first-order valence-corrected chi connectivity index (χ1v) is 10.7. The number of pyridine rings is 1. The minimum Gasteiger partial charge on any atom is -0.462 e. The summed E-state index contributed by atoms with van der Waals surface area (Å²) in [6.07, 6.45) is 8.27. The van der Waals surface area contributed by atoms with Crippen LogP contribution in [0.5, 0.6) is 0 Å². The molecule has 7 nitrogen and oxygen atoms in total. The van der Waals surface area contributed by atoms with Crippen molar-refractivity contribution in [3.63, 3.8) is 0 Å². The van der Waals surface area contributed by atoms with Crippen molar-refractivity contribution in [2.45, 2.75) is 52.0 Å². The zero-order valence-electron chi connectivity index (χ0n) is 16.6. The number of carbonyl (C=O) groups is 3. The molecule has 1 aliphatic rings. The molecular formula is C21H25N3O4S. The van der Waals surface area contributed by atoms with Crippen LogP contribution in [0.15, 0.2) is 24.5 Å². The predicted molar refractivity (Wildman–Crippen MR) is 112 cm³/mol. The molecule has 0 aromatic carbocycles. The molecule has 0 aliphatic heterocycles. The molecular weight excluding hydrogens is 390 g/mol. The standard InChI is InChI=1S/C21H25N3O4S/c1-3-28-21(27)17-13(2)16(19(26)23-15-9-5-4-6-10-15)20(29-17)24-18(25)14-8-7-11-22-12-14/h7-8,11-12,15H,3-6,9-10H2,1-2H3,(H,23,26)(H,24,25). The van der Waals surface area contributed by atoms with Gasteiger partial charge in [-0.1, -0.05) is 19.3 Å². The van der Waals surface area contributed by atoms with E-state index in [1.807, 2.05) is 0 Å². The van der Waals surface area contributed by atoms with Crippen LogP contribution in [-0.2, 0) is 4.74 Å². The number of aromatic nitrogens is 1. The zero-order valence-corrected chi connectivity index (χ0v) is 17.4. The van der Waals surface area contributed by atoms with Gasteiger partial charge in [0.25, 0.3) is 11.8 Å². The fourth-order valence-corrected chi connectivity index (χ4v) is 4.54. The van der Waals surface area contributed by atoms with E-state index in [0.29, 0.717) is 26.6 Å². The van der Waals surface area contributed by atoms with Gasteiger partial charge in [0.15, 0.2) is 0 Å². The summed E-state index contributed by atoms with van der Waals surface area (Å²) in [5, 5.41) is 6.18. The number of carbonyl (C=O) groups excluding carboxylic acids is 3. The predicted octanol–water partition coefficient (Wildman–Crippen LogP) is 3.94.